The highest BCUT2D eigenvalue weighted by molar-refractivity contribution is 7.47. The van der Waals surface area contributed by atoms with Gasteiger partial charge in [0.25, 0.3) is 0 Å². The van der Waals surface area contributed by atoms with Crippen LogP contribution in [0.2, 0.25) is 0 Å². The average Bonchev–Trinajstić information content (AvgIpc) is 3.39. The summed E-state index contributed by atoms with van der Waals surface area (Å²) in [6.45, 7) is 6.99. The van der Waals surface area contributed by atoms with Crippen LogP contribution in [0.15, 0.2) is 60.8 Å². The number of nitrogens with one attached hydrogen (secondary N) is 1. The Morgan fingerprint density at radius 3 is 1.23 bits per heavy atom. The predicted octanol–water partition coefficient (Wildman–Crippen LogP) is 20.2. The van der Waals surface area contributed by atoms with Crippen molar-refractivity contribution in [1.82, 2.24) is 5.32 Å². The molecule has 0 saturated carbocycles. The van der Waals surface area contributed by atoms with Gasteiger partial charge < -0.3 is 19.4 Å². The number of hydrogen-bond acceptors (Lipinski definition) is 6. The molecule has 450 valence electrons. The van der Waals surface area contributed by atoms with Crippen molar-refractivity contribution < 1.29 is 37.3 Å². The number of esters is 1. The molecule has 9 nitrogen and oxygen atoms in total. The Hall–Kier alpha value is -2.29. The third-order valence-corrected chi connectivity index (χ3v) is 15.4. The topological polar surface area (TPSA) is 111 Å². The molecule has 0 spiro atoms. The van der Waals surface area contributed by atoms with Crippen molar-refractivity contribution in [2.24, 2.45) is 0 Å². The Kier molecular flexibility index (Phi) is 55.3. The van der Waals surface area contributed by atoms with Crippen LogP contribution in [0.4, 0.5) is 0 Å². The van der Waals surface area contributed by atoms with Crippen LogP contribution in [0.3, 0.4) is 0 Å². The normalized spacial score (nSPS) is 14.0. The minimum atomic E-state index is -4.45. The molecule has 0 heterocycles. The van der Waals surface area contributed by atoms with Gasteiger partial charge in [-0.15, -0.1) is 0 Å². The lowest BCUT2D eigenvalue weighted by molar-refractivity contribution is -0.870. The van der Waals surface area contributed by atoms with E-state index >= 15 is 0 Å². The molecule has 0 aromatic rings. The molecule has 0 fully saturated rings. The third-order valence-electron chi connectivity index (χ3n) is 14.4. The van der Waals surface area contributed by atoms with Crippen LogP contribution in [0.1, 0.15) is 303 Å². The number of carbonyl (C=O) groups is 2. The summed E-state index contributed by atoms with van der Waals surface area (Å²) in [5.41, 5.74) is 0. The standard InChI is InChI=1S/C67H125N2O7P/c1-7-10-13-16-19-22-25-28-30-31-32-33-34-35-36-37-38-39-40-42-45-48-51-54-57-60-67(71)76-65(58-55-52-49-46-43-27-24-21-18-15-12-9-3)64(63-75-77(72,73)74-62-61-69(4,5)6)68-66(70)59-56-53-50-47-44-41-29-26-23-20-17-14-11-8-2/h19,22,28,30,32-33,41,44,55,58,64-65H,7-18,20-21,23-27,29,31,34-40,42-43,45-54,56-57,59-63H2,1-6H3,(H-,68,70,72,73)/p+1/b22-19-,30-28-,33-32-,44-41-,58-55-. The second-order valence-electron chi connectivity index (χ2n) is 23.3. The summed E-state index contributed by atoms with van der Waals surface area (Å²) in [5, 5.41) is 3.05. The van der Waals surface area contributed by atoms with Gasteiger partial charge >= 0.3 is 13.8 Å². The van der Waals surface area contributed by atoms with Crippen LogP contribution >= 0.6 is 7.82 Å². The summed E-state index contributed by atoms with van der Waals surface area (Å²) >= 11 is 0. The van der Waals surface area contributed by atoms with E-state index in [2.05, 4.69) is 74.7 Å². The molecule has 0 aromatic heterocycles. The van der Waals surface area contributed by atoms with Gasteiger partial charge in [0.15, 0.2) is 0 Å². The van der Waals surface area contributed by atoms with Crippen LogP contribution in [0.25, 0.3) is 0 Å². The van der Waals surface area contributed by atoms with Crippen molar-refractivity contribution in [2.45, 2.75) is 315 Å². The zero-order chi connectivity index (χ0) is 56.4. The van der Waals surface area contributed by atoms with Crippen molar-refractivity contribution in [2.75, 3.05) is 40.9 Å². The highest BCUT2D eigenvalue weighted by Gasteiger charge is 2.30. The Labute approximate surface area is 477 Å². The van der Waals surface area contributed by atoms with Crippen LogP contribution in [-0.4, -0.2) is 74.3 Å². The quantitative estimate of drug-likeness (QED) is 0.0205. The lowest BCUT2D eigenvalue weighted by atomic mass is 10.0. The maximum atomic E-state index is 13.5. The zero-order valence-corrected chi connectivity index (χ0v) is 52.3. The molecule has 77 heavy (non-hydrogen) atoms. The number of hydrogen-bond donors (Lipinski definition) is 2. The Balaban J connectivity index is 5.11. The van der Waals surface area contributed by atoms with E-state index in [0.29, 0.717) is 17.4 Å². The summed E-state index contributed by atoms with van der Waals surface area (Å²) < 4.78 is 30.7. The number of allylic oxidation sites excluding steroid dienone is 9. The summed E-state index contributed by atoms with van der Waals surface area (Å²) in [5.74, 6) is -0.519. The molecule has 0 aliphatic heterocycles. The maximum absolute atomic E-state index is 13.5. The number of unbranched alkanes of at least 4 members (excludes halogenated alkanes) is 35. The maximum Gasteiger partial charge on any atom is 0.472 e. The van der Waals surface area contributed by atoms with E-state index in [1.165, 1.54) is 186 Å². The molecule has 1 amide bonds. The molecule has 0 radical (unpaired) electrons. The first-order chi connectivity index (χ1) is 37.4. The van der Waals surface area contributed by atoms with E-state index in [0.717, 1.165) is 83.5 Å². The second-order valence-corrected chi connectivity index (χ2v) is 24.7. The fraction of sp³-hybridized carbons (Fsp3) is 0.821. The van der Waals surface area contributed by atoms with Gasteiger partial charge in [0.05, 0.1) is 33.8 Å². The number of likely N-dealkylation sites (N-methyl/N-ethyl adjacent to an activating group) is 1. The molecule has 0 aromatic carbocycles. The largest absolute Gasteiger partial charge is 0.472 e. The lowest BCUT2D eigenvalue weighted by Crippen LogP contribution is -2.47. The van der Waals surface area contributed by atoms with Gasteiger partial charge in [0.2, 0.25) is 5.91 Å². The molecule has 3 unspecified atom stereocenters. The number of phosphoric acid groups is 1. The number of nitrogens with zero attached hydrogens (tertiary/aromatic N) is 1. The van der Waals surface area contributed by atoms with E-state index < -0.39 is 20.0 Å². The van der Waals surface area contributed by atoms with Gasteiger partial charge in [0, 0.05) is 12.8 Å². The first-order valence-corrected chi connectivity index (χ1v) is 34.1. The zero-order valence-electron chi connectivity index (χ0n) is 51.5. The summed E-state index contributed by atoms with van der Waals surface area (Å²) in [6, 6.07) is -0.857. The molecule has 10 heteroatoms. The molecule has 0 saturated heterocycles. The Morgan fingerprint density at radius 1 is 0.455 bits per heavy atom. The summed E-state index contributed by atoms with van der Waals surface area (Å²) in [7, 11) is 1.49. The smallest absolute Gasteiger partial charge is 0.456 e. The van der Waals surface area contributed by atoms with Crippen molar-refractivity contribution in [1.29, 1.82) is 0 Å². The second kappa shape index (κ2) is 57.0. The fourth-order valence-electron chi connectivity index (χ4n) is 9.35. The van der Waals surface area contributed by atoms with Gasteiger partial charge in [-0.3, -0.25) is 18.6 Å². The molecule has 0 bridgehead atoms. The minimum absolute atomic E-state index is 0.0370. The lowest BCUT2D eigenvalue weighted by Gasteiger charge is -2.27. The molecule has 0 rings (SSSR count). The van der Waals surface area contributed by atoms with E-state index in [1.54, 1.807) is 0 Å². The number of ether oxygens (including phenoxy) is 1. The van der Waals surface area contributed by atoms with Crippen LogP contribution in [0, 0.1) is 0 Å². The first kappa shape index (κ1) is 74.7. The summed E-state index contributed by atoms with van der Waals surface area (Å²) in [4.78, 5) is 37.7. The Bertz CT molecular complexity index is 1500. The Morgan fingerprint density at radius 2 is 0.792 bits per heavy atom. The highest BCUT2D eigenvalue weighted by atomic mass is 31.2. The van der Waals surface area contributed by atoms with Crippen molar-refractivity contribution >= 4 is 19.7 Å². The number of rotatable bonds is 59. The van der Waals surface area contributed by atoms with E-state index in [1.807, 2.05) is 33.3 Å². The number of carbonyl (C=O) groups excluding carboxylic acids is 2. The third kappa shape index (κ3) is 58.2. The molecule has 0 aliphatic rings. The highest BCUT2D eigenvalue weighted by Crippen LogP contribution is 2.43. The molecule has 3 atom stereocenters. The molecular formula is C67H126N2O7P+. The molecule has 0 aliphatic carbocycles. The molecular weight excluding hydrogens is 976 g/mol. The fourth-order valence-corrected chi connectivity index (χ4v) is 10.1. The van der Waals surface area contributed by atoms with E-state index in [9.17, 15) is 19.0 Å². The van der Waals surface area contributed by atoms with Crippen molar-refractivity contribution in [3.63, 3.8) is 0 Å². The minimum Gasteiger partial charge on any atom is -0.456 e. The SMILES string of the molecule is CCCCC/C=C\C/C=C\C/C=C\CCCCCCCCCCCCCCC(=O)OC(/C=C\CCCCCCCCCCCC)C(COP(=O)(O)OCC[N+](C)(C)C)NC(=O)CCCCC/C=C\CCCCCCCCC. The van der Waals surface area contributed by atoms with Gasteiger partial charge in [0.1, 0.15) is 19.3 Å². The predicted molar refractivity (Wildman–Crippen MR) is 332 cm³/mol. The number of phosphoric ester groups is 1. The van der Waals surface area contributed by atoms with Crippen LogP contribution in [-0.2, 0) is 27.9 Å². The number of quaternary nitrogens is 1. The average molecular weight is 1100 g/mol. The van der Waals surface area contributed by atoms with Crippen molar-refractivity contribution in [3.8, 4) is 0 Å². The van der Waals surface area contributed by atoms with Gasteiger partial charge in [-0.05, 0) is 96.0 Å². The first-order valence-electron chi connectivity index (χ1n) is 32.6. The van der Waals surface area contributed by atoms with E-state index in [4.69, 9.17) is 13.8 Å². The van der Waals surface area contributed by atoms with Crippen LogP contribution < -0.4 is 5.32 Å². The molecule has 2 N–H and O–H groups in total. The van der Waals surface area contributed by atoms with Crippen molar-refractivity contribution in [3.05, 3.63) is 60.8 Å². The van der Waals surface area contributed by atoms with E-state index in [-0.39, 0.29) is 31.5 Å². The van der Waals surface area contributed by atoms with Gasteiger partial charge in [-0.25, -0.2) is 4.57 Å². The number of amides is 1. The van der Waals surface area contributed by atoms with Gasteiger partial charge in [-0.1, -0.05) is 255 Å². The van der Waals surface area contributed by atoms with Gasteiger partial charge in [-0.2, -0.15) is 0 Å². The summed E-state index contributed by atoms with van der Waals surface area (Å²) in [6.07, 6.45) is 72.2. The monoisotopic (exact) mass is 1100 g/mol. The van der Waals surface area contributed by atoms with Crippen LogP contribution in [0.5, 0.6) is 0 Å².